The molecule has 0 bridgehead atoms. The molecule has 3 aliphatic rings. The van der Waals surface area contributed by atoms with Crippen molar-refractivity contribution < 1.29 is 0 Å². The summed E-state index contributed by atoms with van der Waals surface area (Å²) in [6.07, 6.45) is 5.78. The smallest absolute Gasteiger partial charge is 0.0622 e. The van der Waals surface area contributed by atoms with Crippen LogP contribution in [-0.2, 0) is 0 Å². The highest BCUT2D eigenvalue weighted by Gasteiger charge is 2.33. The van der Waals surface area contributed by atoms with Gasteiger partial charge in [-0.25, -0.2) is 0 Å². The van der Waals surface area contributed by atoms with E-state index < -0.39 is 0 Å². The Morgan fingerprint density at radius 2 is 1.05 bits per heavy atom. The van der Waals surface area contributed by atoms with Gasteiger partial charge in [0.25, 0.3) is 0 Å². The van der Waals surface area contributed by atoms with Gasteiger partial charge in [0.1, 0.15) is 0 Å². The Balaban J connectivity index is 1.06. The molecule has 0 spiro atoms. The predicted octanol–water partition coefficient (Wildman–Crippen LogP) is 15.3. The molecule has 0 saturated carbocycles. The second kappa shape index (κ2) is 10.8. The molecule has 0 radical (unpaired) electrons. The molecule has 14 rings (SSSR count). The minimum absolute atomic E-state index is 0.338. The van der Waals surface area contributed by atoms with E-state index in [2.05, 4.69) is 187 Å². The molecule has 0 N–H and O–H groups in total. The minimum atomic E-state index is 0.338. The molecular weight excluding hydrogens is 687 g/mol. The Morgan fingerprint density at radius 1 is 0.386 bits per heavy atom. The summed E-state index contributed by atoms with van der Waals surface area (Å²) in [6, 6.07) is 64.1. The van der Waals surface area contributed by atoms with Crippen LogP contribution in [0.5, 0.6) is 0 Å². The molecule has 0 saturated heterocycles. The lowest BCUT2D eigenvalue weighted by molar-refractivity contribution is 0.876. The molecule has 0 amide bonds. The Hall–Kier alpha value is -7.22. The molecule has 3 aliphatic carbocycles. The molecule has 0 fully saturated rings. The molecule has 1 heteroatoms. The lowest BCUT2D eigenvalue weighted by atomic mass is 9.87. The maximum absolute atomic E-state index is 2.62. The zero-order valence-corrected chi connectivity index (χ0v) is 31.1. The minimum Gasteiger partial charge on any atom is -0.312 e. The Bertz CT molecular complexity index is 3710. The summed E-state index contributed by atoms with van der Waals surface area (Å²) in [7, 11) is 0. The fourth-order valence-corrected chi connectivity index (χ4v) is 11.3. The largest absolute Gasteiger partial charge is 0.312 e. The van der Waals surface area contributed by atoms with E-state index in [-0.39, 0.29) is 0 Å². The van der Waals surface area contributed by atoms with Crippen LogP contribution in [0.25, 0.3) is 120 Å². The monoisotopic (exact) mass is 719 g/mol. The quantitative estimate of drug-likeness (QED) is 0.157. The predicted molar refractivity (Wildman–Crippen MR) is 243 cm³/mol. The average molecular weight is 720 g/mol. The third kappa shape index (κ3) is 3.79. The molecule has 10 aromatic carbocycles. The van der Waals surface area contributed by atoms with Crippen molar-refractivity contribution >= 4 is 86.9 Å². The summed E-state index contributed by atoms with van der Waals surface area (Å²) in [5, 5.41) is 15.9. The first-order valence-corrected chi connectivity index (χ1v) is 20.2. The number of hydrogen-bond donors (Lipinski definition) is 0. The van der Waals surface area contributed by atoms with Crippen molar-refractivity contribution in [3.63, 3.8) is 0 Å². The van der Waals surface area contributed by atoms with Crippen molar-refractivity contribution in [3.05, 3.63) is 193 Å². The van der Waals surface area contributed by atoms with Crippen LogP contribution in [0.2, 0.25) is 0 Å². The molecule has 1 atom stereocenters. The van der Waals surface area contributed by atoms with Gasteiger partial charge in [-0.1, -0.05) is 158 Å². The van der Waals surface area contributed by atoms with Crippen LogP contribution in [0.15, 0.2) is 182 Å². The van der Waals surface area contributed by atoms with E-state index in [4.69, 9.17) is 0 Å². The van der Waals surface area contributed by atoms with E-state index in [1.807, 2.05) is 0 Å². The first-order valence-electron chi connectivity index (χ1n) is 20.2. The number of fused-ring (bicyclic) bond motifs is 16. The third-order valence-corrected chi connectivity index (χ3v) is 13.6. The highest BCUT2D eigenvalue weighted by Crippen LogP contribution is 2.54. The SMILES string of the molecule is C1=C2c3cccc4cccc(c34)C2CC(n2c3ccccc3c3c4c5ccccc5c(-c5ccc6c(c5)-c5cccc7cccc-6c57)cc4c4ccccc4c32)=C1. The number of allylic oxidation sites excluding steroid dienone is 4. The Labute approximate surface area is 329 Å². The number of benzene rings is 10. The normalized spacial score (nSPS) is 15.3. The summed E-state index contributed by atoms with van der Waals surface area (Å²) in [4.78, 5) is 0. The van der Waals surface area contributed by atoms with Gasteiger partial charge in [-0.2, -0.15) is 0 Å². The van der Waals surface area contributed by atoms with Crippen molar-refractivity contribution in [1.82, 2.24) is 4.57 Å². The van der Waals surface area contributed by atoms with Crippen molar-refractivity contribution in [2.24, 2.45) is 0 Å². The summed E-state index contributed by atoms with van der Waals surface area (Å²) in [5.74, 6) is 0.338. The number of nitrogens with zero attached hydrogens (tertiary/aromatic N) is 1. The highest BCUT2D eigenvalue weighted by molar-refractivity contribution is 6.38. The van der Waals surface area contributed by atoms with Crippen LogP contribution in [0.1, 0.15) is 23.5 Å². The first-order chi connectivity index (χ1) is 28.3. The van der Waals surface area contributed by atoms with E-state index in [0.717, 1.165) is 6.42 Å². The van der Waals surface area contributed by atoms with Crippen LogP contribution < -0.4 is 0 Å². The van der Waals surface area contributed by atoms with Gasteiger partial charge in [-0.15, -0.1) is 0 Å². The van der Waals surface area contributed by atoms with Crippen LogP contribution in [0.4, 0.5) is 0 Å². The number of aromatic nitrogens is 1. The van der Waals surface area contributed by atoms with Crippen molar-refractivity contribution in [2.75, 3.05) is 0 Å². The summed E-state index contributed by atoms with van der Waals surface area (Å²) in [5.41, 5.74) is 16.1. The molecule has 1 nitrogen and oxygen atoms in total. The third-order valence-electron chi connectivity index (χ3n) is 13.6. The zero-order valence-electron chi connectivity index (χ0n) is 31.1. The topological polar surface area (TPSA) is 4.93 Å². The summed E-state index contributed by atoms with van der Waals surface area (Å²) < 4.78 is 2.62. The van der Waals surface area contributed by atoms with Gasteiger partial charge in [0.05, 0.1) is 11.0 Å². The maximum atomic E-state index is 2.62. The molecule has 262 valence electrons. The highest BCUT2D eigenvalue weighted by atomic mass is 15.0. The van der Waals surface area contributed by atoms with Crippen molar-refractivity contribution in [2.45, 2.75) is 12.3 Å². The molecule has 0 aliphatic heterocycles. The molecule has 57 heavy (non-hydrogen) atoms. The molecule has 1 unspecified atom stereocenters. The van der Waals surface area contributed by atoms with Gasteiger partial charge in [0.15, 0.2) is 0 Å². The van der Waals surface area contributed by atoms with Crippen LogP contribution in [-0.4, -0.2) is 4.57 Å². The number of para-hydroxylation sites is 1. The molecule has 11 aromatic rings. The number of rotatable bonds is 2. The fourth-order valence-electron chi connectivity index (χ4n) is 11.3. The van der Waals surface area contributed by atoms with E-state index in [1.165, 1.54) is 131 Å². The first kappa shape index (κ1) is 30.1. The second-order valence-corrected chi connectivity index (χ2v) is 16.3. The maximum Gasteiger partial charge on any atom is 0.0622 e. The second-order valence-electron chi connectivity index (χ2n) is 16.3. The molecule has 1 aromatic heterocycles. The van der Waals surface area contributed by atoms with Gasteiger partial charge in [-0.05, 0) is 124 Å². The standard InChI is InChI=1S/C56H33N/c1-3-17-42-36(15-1)47(34-25-27-38-40-20-7-11-32-13-9-22-43(52(32)40)48(38)29-34)31-50-37-16-2-4-18-45(37)56-55(54(42)50)46-19-5-6-24-51(46)57(56)35-26-28-39-41-21-8-12-33-14-10-23-44(53(33)41)49(39)30-35/h1-29,31,49H,30H2. The van der Waals surface area contributed by atoms with Gasteiger partial charge in [0, 0.05) is 33.2 Å². The van der Waals surface area contributed by atoms with E-state index in [0.29, 0.717) is 5.92 Å². The van der Waals surface area contributed by atoms with E-state index >= 15 is 0 Å². The van der Waals surface area contributed by atoms with E-state index in [1.54, 1.807) is 0 Å². The summed E-state index contributed by atoms with van der Waals surface area (Å²) >= 11 is 0. The lowest BCUT2D eigenvalue weighted by Crippen LogP contribution is -2.07. The fraction of sp³-hybridized carbons (Fsp3) is 0.0357. The van der Waals surface area contributed by atoms with Gasteiger partial charge in [0.2, 0.25) is 0 Å². The number of hydrogen-bond acceptors (Lipinski definition) is 0. The van der Waals surface area contributed by atoms with Crippen LogP contribution in [0, 0.1) is 0 Å². The Kier molecular flexibility index (Phi) is 5.67. The van der Waals surface area contributed by atoms with Gasteiger partial charge < -0.3 is 4.57 Å². The average Bonchev–Trinajstić information content (AvgIpc) is 3.91. The van der Waals surface area contributed by atoms with Crippen LogP contribution in [0.3, 0.4) is 0 Å². The molecule has 1 heterocycles. The molecular formula is C56H33N. The zero-order chi connectivity index (χ0) is 36.9. The Morgan fingerprint density at radius 3 is 1.88 bits per heavy atom. The van der Waals surface area contributed by atoms with Gasteiger partial charge >= 0.3 is 0 Å². The van der Waals surface area contributed by atoms with Crippen LogP contribution >= 0.6 is 0 Å². The van der Waals surface area contributed by atoms with Crippen molar-refractivity contribution in [1.29, 1.82) is 0 Å². The lowest BCUT2D eigenvalue weighted by Gasteiger charge is -2.23. The van der Waals surface area contributed by atoms with Crippen molar-refractivity contribution in [3.8, 4) is 33.4 Å². The summed E-state index contributed by atoms with van der Waals surface area (Å²) in [6.45, 7) is 0. The van der Waals surface area contributed by atoms with E-state index in [9.17, 15) is 0 Å². The van der Waals surface area contributed by atoms with Gasteiger partial charge in [-0.3, -0.25) is 0 Å².